The lowest BCUT2D eigenvalue weighted by atomic mass is 9.98. The third-order valence-corrected chi connectivity index (χ3v) is 3.54. The smallest absolute Gasteiger partial charge is 0.475 e. The fraction of sp³-hybridized carbons (Fsp3) is 0.500. The van der Waals surface area contributed by atoms with Crippen molar-refractivity contribution in [2.45, 2.75) is 25.6 Å². The van der Waals surface area contributed by atoms with Gasteiger partial charge in [-0.1, -0.05) is 5.21 Å². The van der Waals surface area contributed by atoms with E-state index in [0.717, 1.165) is 30.9 Å². The Hall–Kier alpha value is -2.56. The van der Waals surface area contributed by atoms with Gasteiger partial charge in [-0.25, -0.2) is 14.8 Å². The van der Waals surface area contributed by atoms with Crippen LogP contribution in [0.15, 0.2) is 24.9 Å². The van der Waals surface area contributed by atoms with Crippen LogP contribution in [-0.2, 0) is 11.3 Å². The topological polar surface area (TPSA) is 106 Å². The van der Waals surface area contributed by atoms with E-state index in [2.05, 4.69) is 25.6 Å². The van der Waals surface area contributed by atoms with Gasteiger partial charge in [0.25, 0.3) is 0 Å². The number of alkyl halides is 3. The Kier molecular flexibility index (Phi) is 6.39. The first-order chi connectivity index (χ1) is 11.9. The van der Waals surface area contributed by atoms with Crippen LogP contribution < -0.4 is 5.32 Å². The highest BCUT2D eigenvalue weighted by Gasteiger charge is 2.38. The largest absolute Gasteiger partial charge is 0.490 e. The molecule has 2 aromatic heterocycles. The van der Waals surface area contributed by atoms with Gasteiger partial charge in [0.2, 0.25) is 0 Å². The highest BCUT2D eigenvalue weighted by Crippen LogP contribution is 2.17. The summed E-state index contributed by atoms with van der Waals surface area (Å²) in [4.78, 5) is 16.9. The molecule has 136 valence electrons. The van der Waals surface area contributed by atoms with E-state index in [-0.39, 0.29) is 0 Å². The van der Waals surface area contributed by atoms with Crippen molar-refractivity contribution in [3.63, 3.8) is 0 Å². The Balaban J connectivity index is 0.000000277. The second kappa shape index (κ2) is 8.51. The van der Waals surface area contributed by atoms with Crippen molar-refractivity contribution in [3.8, 4) is 11.3 Å². The Morgan fingerprint density at radius 1 is 1.28 bits per heavy atom. The van der Waals surface area contributed by atoms with Crippen LogP contribution in [0.25, 0.3) is 11.3 Å². The highest BCUT2D eigenvalue weighted by atomic mass is 19.4. The number of aromatic nitrogens is 5. The molecule has 25 heavy (non-hydrogen) atoms. The molecule has 0 saturated carbocycles. The predicted octanol–water partition coefficient (Wildman–Crippen LogP) is 1.37. The standard InChI is InChI=1S/C12H16N6.C2HF3O2/c1-3-13-4-2-10(1)7-18-8-12(16-17-18)11-5-14-9-15-6-11;3-2(4,5)1(6)7/h5-6,8-10,13H,1-4,7H2;(H,6,7). The van der Waals surface area contributed by atoms with Crippen molar-refractivity contribution in [2.24, 2.45) is 5.92 Å². The summed E-state index contributed by atoms with van der Waals surface area (Å²) in [6.07, 6.45) is 4.34. The van der Waals surface area contributed by atoms with E-state index in [9.17, 15) is 13.2 Å². The fourth-order valence-electron chi connectivity index (χ4n) is 2.28. The average Bonchev–Trinajstić information content (AvgIpc) is 3.05. The van der Waals surface area contributed by atoms with Gasteiger partial charge in [0.15, 0.2) is 0 Å². The van der Waals surface area contributed by atoms with Crippen LogP contribution in [0.5, 0.6) is 0 Å². The summed E-state index contributed by atoms with van der Waals surface area (Å²) < 4.78 is 33.7. The third kappa shape index (κ3) is 6.10. The second-order valence-corrected chi connectivity index (χ2v) is 5.45. The van der Waals surface area contributed by atoms with E-state index in [1.807, 2.05) is 10.9 Å². The van der Waals surface area contributed by atoms with Crippen molar-refractivity contribution in [2.75, 3.05) is 13.1 Å². The molecule has 0 amide bonds. The molecule has 1 fully saturated rings. The van der Waals surface area contributed by atoms with Gasteiger partial charge in [-0.15, -0.1) is 5.10 Å². The molecule has 1 saturated heterocycles. The van der Waals surface area contributed by atoms with Crippen molar-refractivity contribution in [3.05, 3.63) is 24.9 Å². The zero-order valence-corrected chi connectivity index (χ0v) is 13.1. The van der Waals surface area contributed by atoms with Crippen LogP contribution in [0.3, 0.4) is 0 Å². The minimum atomic E-state index is -5.08. The average molecular weight is 358 g/mol. The van der Waals surface area contributed by atoms with E-state index in [1.54, 1.807) is 12.4 Å². The van der Waals surface area contributed by atoms with Crippen LogP contribution in [0.4, 0.5) is 13.2 Å². The van der Waals surface area contributed by atoms with Crippen LogP contribution in [0.2, 0.25) is 0 Å². The molecule has 8 nitrogen and oxygen atoms in total. The number of hydrogen-bond acceptors (Lipinski definition) is 6. The van der Waals surface area contributed by atoms with Crippen molar-refractivity contribution < 1.29 is 23.1 Å². The lowest BCUT2D eigenvalue weighted by Gasteiger charge is -2.21. The Labute approximate surface area is 141 Å². The number of nitrogens with one attached hydrogen (secondary N) is 1. The zero-order valence-electron chi connectivity index (χ0n) is 13.1. The molecule has 1 aliphatic rings. The summed E-state index contributed by atoms with van der Waals surface area (Å²) >= 11 is 0. The minimum absolute atomic E-state index is 0.702. The number of rotatable bonds is 3. The quantitative estimate of drug-likeness (QED) is 0.853. The highest BCUT2D eigenvalue weighted by molar-refractivity contribution is 5.73. The van der Waals surface area contributed by atoms with Gasteiger partial charge in [-0.3, -0.25) is 4.68 Å². The maximum atomic E-state index is 10.6. The van der Waals surface area contributed by atoms with Gasteiger partial charge in [-0.05, 0) is 31.8 Å². The number of piperidine rings is 1. The van der Waals surface area contributed by atoms with Crippen molar-refractivity contribution >= 4 is 5.97 Å². The molecule has 3 rings (SSSR count). The van der Waals surface area contributed by atoms with Gasteiger partial charge in [0.1, 0.15) is 12.0 Å². The van der Waals surface area contributed by atoms with Crippen molar-refractivity contribution in [1.29, 1.82) is 0 Å². The summed E-state index contributed by atoms with van der Waals surface area (Å²) in [6.45, 7) is 3.17. The first-order valence-corrected chi connectivity index (χ1v) is 7.52. The Morgan fingerprint density at radius 3 is 2.44 bits per heavy atom. The zero-order chi connectivity index (χ0) is 18.3. The number of carboxylic acid groups (broad SMARTS) is 1. The third-order valence-electron chi connectivity index (χ3n) is 3.54. The van der Waals surface area contributed by atoms with E-state index in [4.69, 9.17) is 9.90 Å². The molecule has 1 aliphatic heterocycles. The maximum absolute atomic E-state index is 10.6. The summed E-state index contributed by atoms with van der Waals surface area (Å²) in [5.41, 5.74) is 1.75. The summed E-state index contributed by atoms with van der Waals surface area (Å²) in [5.74, 6) is -2.06. The molecule has 0 atom stereocenters. The van der Waals surface area contributed by atoms with E-state index in [0.29, 0.717) is 5.92 Å². The normalized spacial score (nSPS) is 15.3. The van der Waals surface area contributed by atoms with E-state index in [1.165, 1.54) is 19.2 Å². The fourth-order valence-corrected chi connectivity index (χ4v) is 2.28. The first-order valence-electron chi connectivity index (χ1n) is 7.52. The molecule has 2 aromatic rings. The molecule has 11 heteroatoms. The van der Waals surface area contributed by atoms with Gasteiger partial charge < -0.3 is 10.4 Å². The summed E-state index contributed by atoms with van der Waals surface area (Å²) in [6, 6.07) is 0. The molecular formula is C14H17F3N6O2. The van der Waals surface area contributed by atoms with Crippen LogP contribution in [0.1, 0.15) is 12.8 Å². The summed E-state index contributed by atoms with van der Waals surface area (Å²) in [5, 5.41) is 18.8. The number of aliphatic carboxylic acids is 1. The van der Waals surface area contributed by atoms with Gasteiger partial charge in [-0.2, -0.15) is 13.2 Å². The van der Waals surface area contributed by atoms with Crippen LogP contribution in [-0.4, -0.2) is 55.3 Å². The molecule has 0 unspecified atom stereocenters. The molecule has 0 radical (unpaired) electrons. The van der Waals surface area contributed by atoms with Gasteiger partial charge in [0.05, 0.1) is 6.20 Å². The van der Waals surface area contributed by atoms with Crippen LogP contribution >= 0.6 is 0 Å². The molecular weight excluding hydrogens is 341 g/mol. The second-order valence-electron chi connectivity index (χ2n) is 5.45. The Bertz CT molecular complexity index is 671. The van der Waals surface area contributed by atoms with Crippen molar-refractivity contribution in [1.82, 2.24) is 30.3 Å². The number of nitrogens with zero attached hydrogens (tertiary/aromatic N) is 5. The van der Waals surface area contributed by atoms with Crippen LogP contribution in [0, 0.1) is 5.92 Å². The number of halogens is 3. The number of hydrogen-bond donors (Lipinski definition) is 2. The first kappa shape index (κ1) is 18.8. The van der Waals surface area contributed by atoms with E-state index >= 15 is 0 Å². The molecule has 3 heterocycles. The molecule has 2 N–H and O–H groups in total. The Morgan fingerprint density at radius 2 is 1.88 bits per heavy atom. The SMILES string of the molecule is O=C(O)C(F)(F)F.c1ncc(-c2cn(CC3CCNCC3)nn2)cn1. The molecule has 0 aliphatic carbocycles. The lowest BCUT2D eigenvalue weighted by molar-refractivity contribution is -0.192. The number of carboxylic acids is 1. The monoisotopic (exact) mass is 358 g/mol. The van der Waals surface area contributed by atoms with E-state index < -0.39 is 12.1 Å². The molecule has 0 spiro atoms. The summed E-state index contributed by atoms with van der Waals surface area (Å²) in [7, 11) is 0. The van der Waals surface area contributed by atoms with Gasteiger partial charge >= 0.3 is 12.1 Å². The van der Waals surface area contributed by atoms with Gasteiger partial charge in [0, 0.05) is 24.5 Å². The number of carbonyl (C=O) groups is 1. The minimum Gasteiger partial charge on any atom is -0.475 e. The maximum Gasteiger partial charge on any atom is 0.490 e. The molecule has 0 bridgehead atoms. The molecule has 0 aromatic carbocycles. The predicted molar refractivity (Wildman–Crippen MR) is 80.3 cm³/mol. The lowest BCUT2D eigenvalue weighted by Crippen LogP contribution is -2.30.